The fourth-order valence-electron chi connectivity index (χ4n) is 1.45. The van der Waals surface area contributed by atoms with Crippen molar-refractivity contribution in [2.24, 2.45) is 5.41 Å². The molecule has 0 unspecified atom stereocenters. The van der Waals surface area contributed by atoms with Crippen molar-refractivity contribution in [3.05, 3.63) is 24.3 Å². The van der Waals surface area contributed by atoms with E-state index in [0.29, 0.717) is 0 Å². The van der Waals surface area contributed by atoms with Crippen molar-refractivity contribution in [1.29, 1.82) is 0 Å². The molecule has 1 rings (SSSR count). The predicted molar refractivity (Wildman–Crippen MR) is 72.1 cm³/mol. The van der Waals surface area contributed by atoms with Crippen LogP contribution in [0, 0.1) is 5.41 Å². The molecular weight excluding hydrogens is 230 g/mol. The molecule has 0 aromatic heterocycles. The van der Waals surface area contributed by atoms with Gasteiger partial charge in [-0.1, -0.05) is 6.07 Å². The molecule has 0 bridgehead atoms. The summed E-state index contributed by atoms with van der Waals surface area (Å²) < 4.78 is 10.4. The third kappa shape index (κ3) is 3.65. The van der Waals surface area contributed by atoms with Crippen LogP contribution in [0.25, 0.3) is 0 Å². The third-order valence-corrected chi connectivity index (χ3v) is 2.67. The average Bonchev–Trinajstić information content (AvgIpc) is 2.35. The monoisotopic (exact) mass is 251 g/mol. The Morgan fingerprint density at radius 1 is 1.33 bits per heavy atom. The predicted octanol–water partition coefficient (Wildman–Crippen LogP) is 2.33. The zero-order valence-electron chi connectivity index (χ0n) is 11.7. The average molecular weight is 251 g/mol. The molecule has 100 valence electrons. The van der Waals surface area contributed by atoms with Gasteiger partial charge in [0.1, 0.15) is 12.4 Å². The van der Waals surface area contributed by atoms with E-state index in [0.717, 1.165) is 11.4 Å². The van der Waals surface area contributed by atoms with Gasteiger partial charge in [-0.2, -0.15) is 0 Å². The lowest BCUT2D eigenvalue weighted by Gasteiger charge is -2.22. The number of nitrogens with zero attached hydrogens (tertiary/aromatic N) is 1. The van der Waals surface area contributed by atoms with Gasteiger partial charge in [0.05, 0.1) is 12.5 Å². The summed E-state index contributed by atoms with van der Waals surface area (Å²) in [6.07, 6.45) is 0. The molecule has 1 aromatic rings. The summed E-state index contributed by atoms with van der Waals surface area (Å²) in [6.45, 7) is 3.89. The van der Waals surface area contributed by atoms with E-state index >= 15 is 0 Å². The molecule has 4 heteroatoms. The van der Waals surface area contributed by atoms with Gasteiger partial charge < -0.3 is 14.4 Å². The summed E-state index contributed by atoms with van der Waals surface area (Å²) in [7, 11) is 5.33. The molecule has 4 nitrogen and oxygen atoms in total. The fourth-order valence-corrected chi connectivity index (χ4v) is 1.45. The van der Waals surface area contributed by atoms with Crippen molar-refractivity contribution in [2.45, 2.75) is 13.8 Å². The highest BCUT2D eigenvalue weighted by Crippen LogP contribution is 2.23. The first-order valence-electron chi connectivity index (χ1n) is 5.85. The quantitative estimate of drug-likeness (QED) is 0.753. The van der Waals surface area contributed by atoms with Crippen LogP contribution < -0.4 is 9.64 Å². The van der Waals surface area contributed by atoms with Crippen molar-refractivity contribution < 1.29 is 14.3 Å². The molecule has 0 atom stereocenters. The number of methoxy groups -OCH3 is 1. The van der Waals surface area contributed by atoms with E-state index in [4.69, 9.17) is 9.47 Å². The number of anilines is 1. The normalized spacial score (nSPS) is 10.9. The summed E-state index contributed by atoms with van der Waals surface area (Å²) in [5, 5.41) is 0. The van der Waals surface area contributed by atoms with Crippen LogP contribution in [0.3, 0.4) is 0 Å². The van der Waals surface area contributed by atoms with E-state index in [9.17, 15) is 4.79 Å². The minimum atomic E-state index is -0.650. The zero-order chi connectivity index (χ0) is 13.8. The summed E-state index contributed by atoms with van der Waals surface area (Å²) in [6, 6.07) is 7.74. The molecule has 0 fully saturated rings. The maximum absolute atomic E-state index is 11.5. The number of benzene rings is 1. The second-order valence-corrected chi connectivity index (χ2v) is 5.06. The van der Waals surface area contributed by atoms with Gasteiger partial charge in [0.15, 0.2) is 0 Å². The second-order valence-electron chi connectivity index (χ2n) is 5.06. The first-order valence-corrected chi connectivity index (χ1v) is 5.85. The van der Waals surface area contributed by atoms with Crippen LogP contribution in [0.15, 0.2) is 24.3 Å². The van der Waals surface area contributed by atoms with E-state index < -0.39 is 5.41 Å². The minimum absolute atomic E-state index is 0.272. The second kappa shape index (κ2) is 5.76. The number of rotatable bonds is 5. The lowest BCUT2D eigenvalue weighted by molar-refractivity contribution is -0.152. The van der Waals surface area contributed by atoms with E-state index in [1.54, 1.807) is 13.8 Å². The summed E-state index contributed by atoms with van der Waals surface area (Å²) in [5.41, 5.74) is 0.409. The van der Waals surface area contributed by atoms with Crippen molar-refractivity contribution in [1.82, 2.24) is 0 Å². The van der Waals surface area contributed by atoms with Crippen LogP contribution in [-0.2, 0) is 9.53 Å². The Morgan fingerprint density at radius 3 is 2.56 bits per heavy atom. The van der Waals surface area contributed by atoms with Gasteiger partial charge in [-0.25, -0.2) is 0 Å². The van der Waals surface area contributed by atoms with Gasteiger partial charge in [0, 0.05) is 25.8 Å². The number of carbonyl (C=O) groups is 1. The Morgan fingerprint density at radius 2 is 2.00 bits per heavy atom. The van der Waals surface area contributed by atoms with Gasteiger partial charge in [0.2, 0.25) is 0 Å². The number of esters is 1. The number of carbonyl (C=O) groups excluding carboxylic acids is 1. The minimum Gasteiger partial charge on any atom is -0.492 e. The van der Waals surface area contributed by atoms with Crippen molar-refractivity contribution in [3.8, 4) is 5.75 Å². The van der Waals surface area contributed by atoms with E-state index in [1.165, 1.54) is 7.11 Å². The molecule has 0 aliphatic heterocycles. The molecule has 0 heterocycles. The number of ether oxygens (including phenoxy) is 2. The lowest BCUT2D eigenvalue weighted by atomic mass is 9.95. The van der Waals surface area contributed by atoms with Crippen LogP contribution in [0.5, 0.6) is 5.75 Å². The topological polar surface area (TPSA) is 38.8 Å². The first kappa shape index (κ1) is 14.4. The molecule has 18 heavy (non-hydrogen) atoms. The molecule has 0 aliphatic rings. The molecule has 0 amide bonds. The van der Waals surface area contributed by atoms with Crippen molar-refractivity contribution in [3.63, 3.8) is 0 Å². The van der Waals surface area contributed by atoms with E-state index in [1.807, 2.05) is 43.3 Å². The Balaban J connectivity index is 2.69. The molecule has 0 aliphatic carbocycles. The Hall–Kier alpha value is -1.71. The number of hydrogen-bond donors (Lipinski definition) is 0. The SMILES string of the molecule is COC(=O)C(C)(C)COc1cccc(N(C)C)c1. The molecular formula is C14H21NO3. The van der Waals surface area contributed by atoms with Gasteiger partial charge in [-0.15, -0.1) is 0 Å². The van der Waals surface area contributed by atoms with Gasteiger partial charge in [-0.3, -0.25) is 4.79 Å². The highest BCUT2D eigenvalue weighted by molar-refractivity contribution is 5.75. The highest BCUT2D eigenvalue weighted by atomic mass is 16.5. The largest absolute Gasteiger partial charge is 0.492 e. The molecule has 0 radical (unpaired) electrons. The summed E-state index contributed by atoms with van der Waals surface area (Å²) in [5.74, 6) is 0.476. The smallest absolute Gasteiger partial charge is 0.314 e. The summed E-state index contributed by atoms with van der Waals surface area (Å²) >= 11 is 0. The van der Waals surface area contributed by atoms with Gasteiger partial charge in [0.25, 0.3) is 0 Å². The Labute approximate surface area is 108 Å². The maximum atomic E-state index is 11.5. The van der Waals surface area contributed by atoms with E-state index in [2.05, 4.69) is 0 Å². The van der Waals surface area contributed by atoms with Crippen molar-refractivity contribution >= 4 is 11.7 Å². The maximum Gasteiger partial charge on any atom is 0.314 e. The van der Waals surface area contributed by atoms with Gasteiger partial charge in [-0.05, 0) is 26.0 Å². The Kier molecular flexibility index (Phi) is 4.59. The van der Waals surface area contributed by atoms with E-state index in [-0.39, 0.29) is 12.6 Å². The first-order chi connectivity index (χ1) is 8.36. The molecule has 0 saturated heterocycles. The van der Waals surface area contributed by atoms with Crippen molar-refractivity contribution in [2.75, 3.05) is 32.7 Å². The molecule has 0 spiro atoms. The molecule has 1 aromatic carbocycles. The van der Waals surface area contributed by atoms with Gasteiger partial charge >= 0.3 is 5.97 Å². The number of hydrogen-bond acceptors (Lipinski definition) is 4. The fraction of sp³-hybridized carbons (Fsp3) is 0.500. The molecule has 0 N–H and O–H groups in total. The Bertz CT molecular complexity index is 413. The van der Waals surface area contributed by atoms with Crippen LogP contribution >= 0.6 is 0 Å². The lowest BCUT2D eigenvalue weighted by Crippen LogP contribution is -2.32. The third-order valence-electron chi connectivity index (χ3n) is 2.67. The molecule has 0 saturated carbocycles. The van der Waals surface area contributed by atoms with Crippen LogP contribution in [0.1, 0.15) is 13.8 Å². The van der Waals surface area contributed by atoms with Crippen LogP contribution in [-0.4, -0.2) is 33.8 Å². The summed E-state index contributed by atoms with van der Waals surface area (Å²) in [4.78, 5) is 13.5. The van der Waals surface area contributed by atoms with Crippen LogP contribution in [0.4, 0.5) is 5.69 Å². The highest BCUT2D eigenvalue weighted by Gasteiger charge is 2.29. The standard InChI is InChI=1S/C14H21NO3/c1-14(2,13(16)17-5)10-18-12-8-6-7-11(9-12)15(3)4/h6-9H,10H2,1-5H3. The van der Waals surface area contributed by atoms with Crippen LogP contribution in [0.2, 0.25) is 0 Å². The zero-order valence-corrected chi connectivity index (χ0v) is 11.7.